The van der Waals surface area contributed by atoms with Crippen molar-refractivity contribution in [2.24, 2.45) is 0 Å². The second-order valence-electron chi connectivity index (χ2n) is 4.37. The maximum Gasteiger partial charge on any atom is 0.237 e. The predicted octanol–water partition coefficient (Wildman–Crippen LogP) is 1.45. The van der Waals surface area contributed by atoms with Gasteiger partial charge in [-0.25, -0.2) is 0 Å². The average molecular weight is 311 g/mol. The van der Waals surface area contributed by atoms with Crippen LogP contribution in [0.15, 0.2) is 28.7 Å². The van der Waals surface area contributed by atoms with Crippen molar-refractivity contribution >= 4 is 27.6 Å². The summed E-state index contributed by atoms with van der Waals surface area (Å²) in [5.74, 6) is 0.0360. The van der Waals surface area contributed by atoms with Gasteiger partial charge in [0, 0.05) is 23.1 Å². The number of Topliss-reactive ketones (excluding diaryl/α,β-unsaturated/α-hetero) is 1. The van der Waals surface area contributed by atoms with Gasteiger partial charge in [-0.3, -0.25) is 14.5 Å². The Morgan fingerprint density at radius 3 is 2.78 bits per heavy atom. The highest BCUT2D eigenvalue weighted by molar-refractivity contribution is 9.10. The Labute approximate surface area is 114 Å². The van der Waals surface area contributed by atoms with E-state index in [2.05, 4.69) is 21.2 Å². The zero-order chi connectivity index (χ0) is 13.1. The summed E-state index contributed by atoms with van der Waals surface area (Å²) >= 11 is 3.34. The second kappa shape index (κ2) is 5.63. The summed E-state index contributed by atoms with van der Waals surface area (Å²) in [6.45, 7) is 3.44. The Bertz CT molecular complexity index is 459. The molecule has 0 spiro atoms. The molecule has 96 valence electrons. The third-order valence-corrected chi connectivity index (χ3v) is 3.67. The van der Waals surface area contributed by atoms with E-state index in [0.29, 0.717) is 12.1 Å². The molecular formula is C13H15BrN2O2. The lowest BCUT2D eigenvalue weighted by Crippen LogP contribution is -2.55. The minimum atomic E-state index is -0.238. The van der Waals surface area contributed by atoms with Crippen molar-refractivity contribution in [2.75, 3.05) is 19.6 Å². The molecule has 0 saturated carbocycles. The zero-order valence-corrected chi connectivity index (χ0v) is 11.7. The van der Waals surface area contributed by atoms with Crippen molar-refractivity contribution < 1.29 is 9.59 Å². The fraction of sp³-hybridized carbons (Fsp3) is 0.385. The van der Waals surface area contributed by atoms with Crippen LogP contribution in [-0.4, -0.2) is 42.3 Å². The highest BCUT2D eigenvalue weighted by Crippen LogP contribution is 2.12. The molecule has 1 N–H and O–H groups in total. The molecule has 18 heavy (non-hydrogen) atoms. The van der Waals surface area contributed by atoms with Crippen molar-refractivity contribution in [3.8, 4) is 0 Å². The van der Waals surface area contributed by atoms with Crippen LogP contribution in [0, 0.1) is 0 Å². The maximum atomic E-state index is 12.1. The van der Waals surface area contributed by atoms with E-state index in [1.165, 1.54) is 0 Å². The number of hydrogen-bond donors (Lipinski definition) is 1. The Morgan fingerprint density at radius 2 is 2.11 bits per heavy atom. The quantitative estimate of drug-likeness (QED) is 0.860. The summed E-state index contributed by atoms with van der Waals surface area (Å²) in [5.41, 5.74) is 0.677. The van der Waals surface area contributed by atoms with Crippen LogP contribution in [-0.2, 0) is 4.79 Å². The molecule has 0 bridgehead atoms. The molecule has 1 aliphatic rings. The molecule has 0 aliphatic carbocycles. The molecule has 1 aromatic rings. The molecule has 1 unspecified atom stereocenters. The van der Waals surface area contributed by atoms with Gasteiger partial charge >= 0.3 is 0 Å². The number of hydrogen-bond acceptors (Lipinski definition) is 3. The van der Waals surface area contributed by atoms with Gasteiger partial charge in [0.15, 0.2) is 5.78 Å². The van der Waals surface area contributed by atoms with Gasteiger partial charge in [-0.2, -0.15) is 0 Å². The lowest BCUT2D eigenvalue weighted by molar-refractivity contribution is -0.127. The lowest BCUT2D eigenvalue weighted by atomic mass is 10.1. The van der Waals surface area contributed by atoms with Gasteiger partial charge in [-0.1, -0.05) is 28.1 Å². The first-order valence-corrected chi connectivity index (χ1v) is 6.68. The molecule has 0 radical (unpaired) electrons. The van der Waals surface area contributed by atoms with Crippen LogP contribution < -0.4 is 5.32 Å². The predicted molar refractivity (Wildman–Crippen MR) is 72.5 cm³/mol. The minimum Gasteiger partial charge on any atom is -0.353 e. The first-order chi connectivity index (χ1) is 8.58. The number of rotatable bonds is 3. The molecule has 1 atom stereocenters. The van der Waals surface area contributed by atoms with Crippen molar-refractivity contribution in [3.63, 3.8) is 0 Å². The molecule has 0 aromatic heterocycles. The number of nitrogens with zero attached hydrogens (tertiary/aromatic N) is 1. The van der Waals surface area contributed by atoms with Crippen molar-refractivity contribution in [1.82, 2.24) is 10.2 Å². The van der Waals surface area contributed by atoms with E-state index in [0.717, 1.165) is 11.0 Å². The van der Waals surface area contributed by atoms with Gasteiger partial charge in [-0.15, -0.1) is 0 Å². The second-order valence-corrected chi connectivity index (χ2v) is 5.28. The average Bonchev–Trinajstić information content (AvgIpc) is 2.36. The fourth-order valence-electron chi connectivity index (χ4n) is 1.96. The Hall–Kier alpha value is -1.20. The normalized spacial score (nSPS) is 20.6. The van der Waals surface area contributed by atoms with Crippen LogP contribution in [0.25, 0.3) is 0 Å². The van der Waals surface area contributed by atoms with Gasteiger partial charge in [0.1, 0.15) is 0 Å². The minimum absolute atomic E-state index is 0.00939. The van der Waals surface area contributed by atoms with E-state index in [4.69, 9.17) is 0 Å². The van der Waals surface area contributed by atoms with Crippen LogP contribution in [0.4, 0.5) is 0 Å². The number of carbonyl (C=O) groups is 2. The fourth-order valence-corrected chi connectivity index (χ4v) is 2.22. The van der Waals surface area contributed by atoms with E-state index >= 15 is 0 Å². The van der Waals surface area contributed by atoms with E-state index < -0.39 is 0 Å². The molecule has 5 heteroatoms. The highest BCUT2D eigenvalue weighted by Gasteiger charge is 2.26. The van der Waals surface area contributed by atoms with Gasteiger partial charge in [0.05, 0.1) is 12.6 Å². The molecule has 1 aromatic carbocycles. The van der Waals surface area contributed by atoms with Crippen LogP contribution in [0.5, 0.6) is 0 Å². The summed E-state index contributed by atoms with van der Waals surface area (Å²) in [7, 11) is 0. The smallest absolute Gasteiger partial charge is 0.237 e. The van der Waals surface area contributed by atoms with Crippen LogP contribution in [0.2, 0.25) is 0 Å². The summed E-state index contributed by atoms with van der Waals surface area (Å²) in [5, 5.41) is 2.78. The number of carbonyl (C=O) groups excluding carboxylic acids is 2. The highest BCUT2D eigenvalue weighted by atomic mass is 79.9. The Morgan fingerprint density at radius 1 is 1.44 bits per heavy atom. The molecule has 1 amide bonds. The lowest BCUT2D eigenvalue weighted by Gasteiger charge is -2.32. The van der Waals surface area contributed by atoms with Crippen molar-refractivity contribution in [3.05, 3.63) is 34.3 Å². The van der Waals surface area contributed by atoms with E-state index in [1.807, 2.05) is 24.0 Å². The number of piperazine rings is 1. The third-order valence-electron chi connectivity index (χ3n) is 3.14. The molecule has 2 rings (SSSR count). The molecule has 1 saturated heterocycles. The number of amides is 1. The summed E-state index contributed by atoms with van der Waals surface area (Å²) in [4.78, 5) is 25.5. The van der Waals surface area contributed by atoms with Gasteiger partial charge < -0.3 is 5.32 Å². The zero-order valence-electron chi connectivity index (χ0n) is 10.1. The summed E-state index contributed by atoms with van der Waals surface area (Å²) in [6.07, 6.45) is 0. The largest absolute Gasteiger partial charge is 0.353 e. The van der Waals surface area contributed by atoms with Crippen molar-refractivity contribution in [1.29, 1.82) is 0 Å². The van der Waals surface area contributed by atoms with Gasteiger partial charge in [0.2, 0.25) is 5.91 Å². The van der Waals surface area contributed by atoms with E-state index in [-0.39, 0.29) is 24.3 Å². The Kier molecular flexibility index (Phi) is 4.14. The van der Waals surface area contributed by atoms with Crippen LogP contribution in [0.3, 0.4) is 0 Å². The maximum absolute atomic E-state index is 12.1. The SMILES string of the molecule is CC1C(=O)NCCN1CC(=O)c1ccc(Br)cc1. The Balaban J connectivity index is 2.02. The van der Waals surface area contributed by atoms with Gasteiger partial charge in [-0.05, 0) is 19.1 Å². The monoisotopic (exact) mass is 310 g/mol. The first-order valence-electron chi connectivity index (χ1n) is 5.88. The summed E-state index contributed by atoms with van der Waals surface area (Å²) < 4.78 is 0.949. The standard InChI is InChI=1S/C13H15BrN2O2/c1-9-13(18)15-6-7-16(9)8-12(17)10-2-4-11(14)5-3-10/h2-5,9H,6-8H2,1H3,(H,15,18). The van der Waals surface area contributed by atoms with Crippen molar-refractivity contribution in [2.45, 2.75) is 13.0 Å². The molecule has 1 heterocycles. The molecule has 1 fully saturated rings. The first kappa shape index (κ1) is 13.2. The topological polar surface area (TPSA) is 49.4 Å². The van der Waals surface area contributed by atoms with E-state index in [1.54, 1.807) is 12.1 Å². The van der Waals surface area contributed by atoms with Crippen LogP contribution in [0.1, 0.15) is 17.3 Å². The summed E-state index contributed by atoms with van der Waals surface area (Å²) in [6, 6.07) is 7.04. The molecule has 1 aliphatic heterocycles. The molecule has 4 nitrogen and oxygen atoms in total. The van der Waals surface area contributed by atoms with E-state index in [9.17, 15) is 9.59 Å². The van der Waals surface area contributed by atoms with Crippen LogP contribution >= 0.6 is 15.9 Å². The van der Waals surface area contributed by atoms with Gasteiger partial charge in [0.25, 0.3) is 0 Å². The number of nitrogens with one attached hydrogen (secondary N) is 1. The number of halogens is 1. The number of benzene rings is 1. The number of ketones is 1. The molecular weight excluding hydrogens is 296 g/mol. The third kappa shape index (κ3) is 2.97.